The van der Waals surface area contributed by atoms with Gasteiger partial charge in [0.2, 0.25) is 0 Å². The number of hydrogen-bond acceptors (Lipinski definition) is 4. The number of benzene rings is 2. The smallest absolute Gasteiger partial charge is 0.396 e. The summed E-state index contributed by atoms with van der Waals surface area (Å²) < 4.78 is 46.6. The highest BCUT2D eigenvalue weighted by molar-refractivity contribution is 5.65. The predicted octanol–water partition coefficient (Wildman–Crippen LogP) is 4.29. The van der Waals surface area contributed by atoms with Crippen LogP contribution >= 0.6 is 0 Å². The third-order valence-electron chi connectivity index (χ3n) is 4.22. The van der Waals surface area contributed by atoms with Crippen molar-refractivity contribution in [2.45, 2.75) is 25.2 Å². The lowest BCUT2D eigenvalue weighted by atomic mass is 9.89. The van der Waals surface area contributed by atoms with Crippen LogP contribution in [-0.2, 0) is 14.4 Å². The van der Waals surface area contributed by atoms with Gasteiger partial charge in [-0.05, 0) is 17.7 Å². The number of esters is 1. The Hall–Kier alpha value is -2.54. The van der Waals surface area contributed by atoms with Gasteiger partial charge in [0, 0.05) is 6.92 Å². The average Bonchev–Trinajstić information content (AvgIpc) is 3.01. The Morgan fingerprint density at radius 3 is 2.19 bits per heavy atom. The molecule has 0 radical (unpaired) electrons. The number of halogens is 3. The maximum atomic E-state index is 13.9. The van der Waals surface area contributed by atoms with E-state index < -0.39 is 36.8 Å². The van der Waals surface area contributed by atoms with E-state index in [0.717, 1.165) is 6.92 Å². The van der Waals surface area contributed by atoms with E-state index in [2.05, 4.69) is 0 Å². The summed E-state index contributed by atoms with van der Waals surface area (Å²) in [6.07, 6.45) is -5.86. The largest absolute Gasteiger partial charge is 0.463 e. The maximum absolute atomic E-state index is 13.9. The number of nitrogens with zero attached hydrogens (tertiary/aromatic N) is 1. The van der Waals surface area contributed by atoms with Crippen LogP contribution in [0.4, 0.5) is 18.9 Å². The molecule has 3 rings (SSSR count). The van der Waals surface area contributed by atoms with Crippen LogP contribution in [0.3, 0.4) is 0 Å². The van der Waals surface area contributed by atoms with E-state index >= 15 is 0 Å². The first-order valence-corrected chi connectivity index (χ1v) is 8.14. The van der Waals surface area contributed by atoms with E-state index in [4.69, 9.17) is 9.57 Å². The fourth-order valence-electron chi connectivity index (χ4n) is 3.14. The molecule has 0 bridgehead atoms. The van der Waals surface area contributed by atoms with Crippen molar-refractivity contribution < 1.29 is 27.5 Å². The van der Waals surface area contributed by atoms with Gasteiger partial charge in [0.05, 0.1) is 11.7 Å². The Balaban J connectivity index is 2.03. The third kappa shape index (κ3) is 3.83. The van der Waals surface area contributed by atoms with E-state index in [9.17, 15) is 18.0 Å². The molecule has 1 saturated heterocycles. The summed E-state index contributed by atoms with van der Waals surface area (Å²) >= 11 is 0. The first-order chi connectivity index (χ1) is 12.4. The molecule has 0 saturated carbocycles. The molecule has 0 N–H and O–H groups in total. The van der Waals surface area contributed by atoms with Crippen LogP contribution in [0.25, 0.3) is 0 Å². The molecule has 1 aliphatic heterocycles. The van der Waals surface area contributed by atoms with E-state index in [1.165, 1.54) is 5.06 Å². The van der Waals surface area contributed by atoms with E-state index in [1.807, 2.05) is 0 Å². The molecule has 26 heavy (non-hydrogen) atoms. The van der Waals surface area contributed by atoms with Gasteiger partial charge in [0.1, 0.15) is 18.6 Å². The van der Waals surface area contributed by atoms with Crippen molar-refractivity contribution >= 4 is 11.7 Å². The van der Waals surface area contributed by atoms with E-state index in [-0.39, 0.29) is 0 Å². The summed E-state index contributed by atoms with van der Waals surface area (Å²) in [6, 6.07) is 15.9. The topological polar surface area (TPSA) is 38.8 Å². The zero-order chi connectivity index (χ0) is 18.7. The highest BCUT2D eigenvalue weighted by Gasteiger charge is 2.58. The quantitative estimate of drug-likeness (QED) is 0.758. The normalized spacial score (nSPS) is 23.1. The molecule has 1 fully saturated rings. The second-order valence-corrected chi connectivity index (χ2v) is 6.03. The average molecular weight is 365 g/mol. The number of hydroxylamine groups is 1. The zero-order valence-corrected chi connectivity index (χ0v) is 14.0. The maximum Gasteiger partial charge on any atom is 0.396 e. The molecule has 2 aromatic rings. The minimum absolute atomic E-state index is 0.466. The fraction of sp³-hybridized carbons (Fsp3) is 0.316. The van der Waals surface area contributed by atoms with Crippen LogP contribution in [0.2, 0.25) is 0 Å². The number of anilines is 1. The summed E-state index contributed by atoms with van der Waals surface area (Å²) in [7, 11) is 0. The molecule has 7 heteroatoms. The van der Waals surface area contributed by atoms with E-state index in [1.54, 1.807) is 60.7 Å². The Bertz CT molecular complexity index is 737. The molecule has 0 aromatic heterocycles. The number of hydrogen-bond donors (Lipinski definition) is 0. The lowest BCUT2D eigenvalue weighted by Gasteiger charge is -2.28. The Labute approximate surface area is 149 Å². The van der Waals surface area contributed by atoms with Gasteiger partial charge in [-0.25, -0.2) is 5.06 Å². The van der Waals surface area contributed by atoms with Crippen LogP contribution in [0, 0.1) is 5.92 Å². The second-order valence-electron chi connectivity index (χ2n) is 6.03. The Kier molecular flexibility index (Phi) is 5.18. The molecule has 138 valence electrons. The van der Waals surface area contributed by atoms with Gasteiger partial charge in [-0.3, -0.25) is 9.63 Å². The summed E-state index contributed by atoms with van der Waals surface area (Å²) in [5, 5.41) is 1.27. The standard InChI is InChI=1S/C19H18F3NO3/c1-13(24)25-12-16-17(19(20,21)22)18(14-8-4-2-5-9-14)23(26-16)15-10-6-3-7-11-15/h2-11,16-18H,12H2,1H3/t16-,17-,18-/m0/s1. The van der Waals surface area contributed by atoms with Crippen molar-refractivity contribution in [1.29, 1.82) is 0 Å². The Morgan fingerprint density at radius 1 is 1.08 bits per heavy atom. The molecule has 2 aromatic carbocycles. The predicted molar refractivity (Wildman–Crippen MR) is 89.2 cm³/mol. The summed E-state index contributed by atoms with van der Waals surface area (Å²) in [5.41, 5.74) is 0.977. The first-order valence-electron chi connectivity index (χ1n) is 8.14. The van der Waals surface area contributed by atoms with E-state index in [0.29, 0.717) is 11.3 Å². The molecule has 0 aliphatic carbocycles. The third-order valence-corrected chi connectivity index (χ3v) is 4.22. The second kappa shape index (κ2) is 7.37. The van der Waals surface area contributed by atoms with Gasteiger partial charge in [-0.15, -0.1) is 0 Å². The van der Waals surface area contributed by atoms with Crippen LogP contribution in [0.15, 0.2) is 60.7 Å². The monoisotopic (exact) mass is 365 g/mol. The van der Waals surface area contributed by atoms with Crippen molar-refractivity contribution in [2.75, 3.05) is 11.7 Å². The summed E-state index contributed by atoms with van der Waals surface area (Å²) in [6.45, 7) is 0.688. The molecule has 4 nitrogen and oxygen atoms in total. The molecule has 1 heterocycles. The van der Waals surface area contributed by atoms with Crippen molar-refractivity contribution in [2.24, 2.45) is 5.92 Å². The molecule has 0 unspecified atom stereocenters. The molecular weight excluding hydrogens is 347 g/mol. The SMILES string of the molecule is CC(=O)OC[C@@H]1ON(c2ccccc2)[C@@H](c2ccccc2)[C@H]1C(F)(F)F. The lowest BCUT2D eigenvalue weighted by molar-refractivity contribution is -0.196. The van der Waals surface area contributed by atoms with Crippen LogP contribution in [0.1, 0.15) is 18.5 Å². The minimum Gasteiger partial charge on any atom is -0.463 e. The van der Waals surface area contributed by atoms with Crippen LogP contribution in [-0.4, -0.2) is 24.9 Å². The van der Waals surface area contributed by atoms with Gasteiger partial charge in [0.25, 0.3) is 0 Å². The summed E-state index contributed by atoms with van der Waals surface area (Å²) in [4.78, 5) is 16.7. The van der Waals surface area contributed by atoms with Crippen LogP contribution < -0.4 is 5.06 Å². The Morgan fingerprint density at radius 2 is 1.65 bits per heavy atom. The summed E-state index contributed by atoms with van der Waals surface area (Å²) in [5.74, 6) is -2.49. The lowest BCUT2D eigenvalue weighted by Crippen LogP contribution is -2.37. The first kappa shape index (κ1) is 18.3. The highest BCUT2D eigenvalue weighted by atomic mass is 19.4. The molecule has 0 amide bonds. The van der Waals surface area contributed by atoms with Crippen molar-refractivity contribution in [3.8, 4) is 0 Å². The van der Waals surface area contributed by atoms with Crippen molar-refractivity contribution in [3.63, 3.8) is 0 Å². The molecule has 0 spiro atoms. The van der Waals surface area contributed by atoms with Gasteiger partial charge >= 0.3 is 12.1 Å². The number of carbonyl (C=O) groups excluding carboxylic acids is 1. The number of alkyl halides is 3. The van der Waals surface area contributed by atoms with Gasteiger partial charge in [-0.2, -0.15) is 13.2 Å². The minimum atomic E-state index is -4.53. The number of ether oxygens (including phenoxy) is 1. The fourth-order valence-corrected chi connectivity index (χ4v) is 3.14. The molecule has 1 aliphatic rings. The van der Waals surface area contributed by atoms with Crippen LogP contribution in [0.5, 0.6) is 0 Å². The highest BCUT2D eigenvalue weighted by Crippen LogP contribution is 2.49. The van der Waals surface area contributed by atoms with Crippen molar-refractivity contribution in [1.82, 2.24) is 0 Å². The number of para-hydroxylation sites is 1. The van der Waals surface area contributed by atoms with Crippen molar-refractivity contribution in [3.05, 3.63) is 66.2 Å². The van der Waals surface area contributed by atoms with Gasteiger partial charge < -0.3 is 4.74 Å². The zero-order valence-electron chi connectivity index (χ0n) is 14.0. The number of carbonyl (C=O) groups is 1. The molecular formula is C19H18F3NO3. The molecule has 3 atom stereocenters. The van der Waals surface area contributed by atoms with Gasteiger partial charge in [-0.1, -0.05) is 48.5 Å². The number of rotatable bonds is 4. The van der Waals surface area contributed by atoms with Gasteiger partial charge in [0.15, 0.2) is 0 Å².